The van der Waals surface area contributed by atoms with E-state index >= 15 is 0 Å². The molecule has 5 heteroatoms. The first-order valence-corrected chi connectivity index (χ1v) is 6.80. The van der Waals surface area contributed by atoms with E-state index in [1.807, 2.05) is 24.3 Å². The summed E-state index contributed by atoms with van der Waals surface area (Å²) in [6, 6.07) is 7.63. The van der Waals surface area contributed by atoms with Crippen LogP contribution in [0.2, 0.25) is 0 Å². The van der Waals surface area contributed by atoms with E-state index in [2.05, 4.69) is 21.2 Å². The van der Waals surface area contributed by atoms with Crippen molar-refractivity contribution >= 4 is 33.9 Å². The molecule has 0 saturated carbocycles. The molecule has 0 spiro atoms. The summed E-state index contributed by atoms with van der Waals surface area (Å²) in [5, 5.41) is 11.2. The van der Waals surface area contributed by atoms with E-state index in [1.165, 1.54) is 6.08 Å². The quantitative estimate of drug-likeness (QED) is 0.598. The Balaban J connectivity index is 2.25. The topological polar surface area (TPSA) is 66.4 Å². The van der Waals surface area contributed by atoms with Gasteiger partial charge in [0.05, 0.1) is 0 Å². The third kappa shape index (κ3) is 7.41. The fourth-order valence-corrected chi connectivity index (χ4v) is 1.87. The molecule has 0 aromatic heterocycles. The van der Waals surface area contributed by atoms with Gasteiger partial charge in [-0.3, -0.25) is 9.59 Å². The van der Waals surface area contributed by atoms with Crippen LogP contribution in [0.25, 0.3) is 6.08 Å². The fourth-order valence-electron chi connectivity index (χ4n) is 1.45. The van der Waals surface area contributed by atoms with Gasteiger partial charge in [-0.05, 0) is 36.6 Å². The van der Waals surface area contributed by atoms with Gasteiger partial charge in [0.25, 0.3) is 0 Å². The smallest absolute Gasteiger partial charge is 0.303 e. The molecule has 19 heavy (non-hydrogen) atoms. The van der Waals surface area contributed by atoms with Gasteiger partial charge in [-0.25, -0.2) is 0 Å². The van der Waals surface area contributed by atoms with Crippen LogP contribution >= 0.6 is 15.9 Å². The Labute approximate surface area is 120 Å². The monoisotopic (exact) mass is 325 g/mol. The van der Waals surface area contributed by atoms with Crippen LogP contribution in [-0.4, -0.2) is 23.5 Å². The molecule has 0 aliphatic rings. The van der Waals surface area contributed by atoms with Crippen LogP contribution in [0.1, 0.15) is 24.8 Å². The number of amides is 1. The summed E-state index contributed by atoms with van der Waals surface area (Å²) in [6.45, 7) is 0.495. The first-order chi connectivity index (χ1) is 9.08. The average Bonchev–Trinajstić information content (AvgIpc) is 2.35. The number of nitrogens with one attached hydrogen (secondary N) is 1. The van der Waals surface area contributed by atoms with Gasteiger partial charge in [0.1, 0.15) is 0 Å². The van der Waals surface area contributed by atoms with Gasteiger partial charge in [-0.15, -0.1) is 0 Å². The number of halogens is 1. The highest BCUT2D eigenvalue weighted by Gasteiger charge is 1.98. The molecule has 4 nitrogen and oxygen atoms in total. The molecule has 1 aromatic carbocycles. The number of hydrogen-bond donors (Lipinski definition) is 2. The van der Waals surface area contributed by atoms with Gasteiger partial charge in [-0.2, -0.15) is 0 Å². The summed E-state index contributed by atoms with van der Waals surface area (Å²) in [4.78, 5) is 21.8. The zero-order chi connectivity index (χ0) is 14.1. The van der Waals surface area contributed by atoms with E-state index in [1.54, 1.807) is 6.08 Å². The second kappa shape index (κ2) is 8.48. The average molecular weight is 326 g/mol. The summed E-state index contributed by atoms with van der Waals surface area (Å²) in [5.74, 6) is -0.976. The Bertz CT molecular complexity index is 472. The number of carbonyl (C=O) groups excluding carboxylic acids is 1. The van der Waals surface area contributed by atoms with Crippen LogP contribution in [0.3, 0.4) is 0 Å². The van der Waals surface area contributed by atoms with E-state index < -0.39 is 5.97 Å². The summed E-state index contributed by atoms with van der Waals surface area (Å²) in [5.41, 5.74) is 0.940. The molecule has 0 bridgehead atoms. The van der Waals surface area contributed by atoms with E-state index in [-0.39, 0.29) is 12.3 Å². The van der Waals surface area contributed by atoms with Crippen molar-refractivity contribution in [2.45, 2.75) is 19.3 Å². The molecule has 0 atom stereocenters. The van der Waals surface area contributed by atoms with Crippen molar-refractivity contribution in [3.05, 3.63) is 40.4 Å². The van der Waals surface area contributed by atoms with Gasteiger partial charge < -0.3 is 10.4 Å². The number of unbranched alkanes of at least 4 members (excludes halogenated alkanes) is 1. The molecule has 1 rings (SSSR count). The lowest BCUT2D eigenvalue weighted by atomic mass is 10.2. The molecular weight excluding hydrogens is 310 g/mol. The predicted octanol–water partition coefficient (Wildman–Crippen LogP) is 2.83. The largest absolute Gasteiger partial charge is 0.481 e. The fraction of sp³-hybridized carbons (Fsp3) is 0.286. The van der Waals surface area contributed by atoms with Crippen LogP contribution in [0.5, 0.6) is 0 Å². The van der Waals surface area contributed by atoms with Gasteiger partial charge in [-0.1, -0.05) is 28.1 Å². The first-order valence-electron chi connectivity index (χ1n) is 6.01. The van der Waals surface area contributed by atoms with Crippen LogP contribution < -0.4 is 5.32 Å². The highest BCUT2D eigenvalue weighted by atomic mass is 79.9. The Morgan fingerprint density at radius 1 is 1.32 bits per heavy atom. The molecule has 1 aromatic rings. The standard InChI is InChI=1S/C14H16BrNO3/c15-12-5-3-4-11(10-12)7-8-13(17)16-9-2-1-6-14(18)19/h3-5,7-8,10H,1-2,6,9H2,(H,16,17)(H,18,19). The molecule has 0 heterocycles. The molecule has 0 aliphatic carbocycles. The van der Waals surface area contributed by atoms with Crippen LogP contribution in [0.4, 0.5) is 0 Å². The molecule has 102 valence electrons. The number of benzene rings is 1. The Morgan fingerprint density at radius 3 is 2.79 bits per heavy atom. The summed E-state index contributed by atoms with van der Waals surface area (Å²) in [6.07, 6.45) is 4.59. The van der Waals surface area contributed by atoms with E-state index in [0.29, 0.717) is 19.4 Å². The zero-order valence-electron chi connectivity index (χ0n) is 10.4. The molecular formula is C14H16BrNO3. The third-order valence-corrected chi connectivity index (χ3v) is 2.89. The summed E-state index contributed by atoms with van der Waals surface area (Å²) < 4.78 is 0.962. The van der Waals surface area contributed by atoms with E-state index in [9.17, 15) is 9.59 Å². The Hall–Kier alpha value is -1.62. The van der Waals surface area contributed by atoms with Crippen LogP contribution in [-0.2, 0) is 9.59 Å². The van der Waals surface area contributed by atoms with Gasteiger partial charge in [0, 0.05) is 23.5 Å². The van der Waals surface area contributed by atoms with E-state index in [4.69, 9.17) is 5.11 Å². The Morgan fingerprint density at radius 2 is 2.11 bits per heavy atom. The maximum Gasteiger partial charge on any atom is 0.303 e. The lowest BCUT2D eigenvalue weighted by molar-refractivity contribution is -0.137. The van der Waals surface area contributed by atoms with Crippen molar-refractivity contribution in [1.82, 2.24) is 5.32 Å². The molecule has 0 aliphatic heterocycles. The normalized spacial score (nSPS) is 10.6. The number of aliphatic carboxylic acids is 1. The van der Waals surface area contributed by atoms with Crippen molar-refractivity contribution in [2.75, 3.05) is 6.54 Å². The number of carbonyl (C=O) groups is 2. The highest BCUT2D eigenvalue weighted by Crippen LogP contribution is 2.12. The molecule has 2 N–H and O–H groups in total. The minimum absolute atomic E-state index is 0.143. The second-order valence-corrected chi connectivity index (χ2v) is 4.95. The van der Waals surface area contributed by atoms with Crippen molar-refractivity contribution in [1.29, 1.82) is 0 Å². The number of rotatable bonds is 7. The minimum Gasteiger partial charge on any atom is -0.481 e. The lowest BCUT2D eigenvalue weighted by Gasteiger charge is -2.00. The minimum atomic E-state index is -0.805. The van der Waals surface area contributed by atoms with Crippen molar-refractivity contribution in [3.63, 3.8) is 0 Å². The van der Waals surface area contributed by atoms with Crippen LogP contribution in [0, 0.1) is 0 Å². The zero-order valence-corrected chi connectivity index (χ0v) is 12.0. The molecule has 0 unspecified atom stereocenters. The maximum absolute atomic E-state index is 11.5. The lowest BCUT2D eigenvalue weighted by Crippen LogP contribution is -2.22. The first kappa shape index (κ1) is 15.4. The number of carboxylic acid groups (broad SMARTS) is 1. The molecule has 1 amide bonds. The third-order valence-electron chi connectivity index (χ3n) is 2.39. The summed E-state index contributed by atoms with van der Waals surface area (Å²) in [7, 11) is 0. The molecule has 0 radical (unpaired) electrons. The second-order valence-electron chi connectivity index (χ2n) is 4.03. The van der Waals surface area contributed by atoms with Gasteiger partial charge in [0.2, 0.25) is 5.91 Å². The predicted molar refractivity (Wildman–Crippen MR) is 77.7 cm³/mol. The van der Waals surface area contributed by atoms with Crippen molar-refractivity contribution in [3.8, 4) is 0 Å². The maximum atomic E-state index is 11.5. The number of carboxylic acids is 1. The molecule has 0 fully saturated rings. The molecule has 0 saturated heterocycles. The van der Waals surface area contributed by atoms with E-state index in [0.717, 1.165) is 10.0 Å². The Kier molecular flexibility index (Phi) is 6.89. The summed E-state index contributed by atoms with van der Waals surface area (Å²) >= 11 is 3.36. The highest BCUT2D eigenvalue weighted by molar-refractivity contribution is 9.10. The van der Waals surface area contributed by atoms with Crippen molar-refractivity contribution in [2.24, 2.45) is 0 Å². The van der Waals surface area contributed by atoms with Crippen molar-refractivity contribution < 1.29 is 14.7 Å². The number of hydrogen-bond acceptors (Lipinski definition) is 2. The van der Waals surface area contributed by atoms with Crippen LogP contribution in [0.15, 0.2) is 34.8 Å². The van der Waals surface area contributed by atoms with Gasteiger partial charge in [0.15, 0.2) is 0 Å². The SMILES string of the molecule is O=C(O)CCCCNC(=O)C=Cc1cccc(Br)c1. The van der Waals surface area contributed by atoms with Gasteiger partial charge >= 0.3 is 5.97 Å².